The lowest BCUT2D eigenvalue weighted by Gasteiger charge is -2.12. The number of anilines is 3. The molecule has 0 amide bonds. The molecular formula is C14H10ClFN4O. The van der Waals surface area contributed by atoms with E-state index in [1.807, 2.05) is 0 Å². The predicted octanol–water partition coefficient (Wildman–Crippen LogP) is 3.04. The molecule has 0 saturated carbocycles. The highest BCUT2D eigenvalue weighted by Crippen LogP contribution is 2.31. The summed E-state index contributed by atoms with van der Waals surface area (Å²) in [7, 11) is 0. The molecule has 3 aromatic rings. The zero-order chi connectivity index (χ0) is 15.0. The Kier molecular flexibility index (Phi) is 3.23. The molecule has 21 heavy (non-hydrogen) atoms. The van der Waals surface area contributed by atoms with Crippen LogP contribution in [0.25, 0.3) is 10.9 Å². The monoisotopic (exact) mass is 304 g/mol. The average Bonchev–Trinajstić information content (AvgIpc) is 2.45. The van der Waals surface area contributed by atoms with E-state index in [9.17, 15) is 9.18 Å². The van der Waals surface area contributed by atoms with E-state index in [0.29, 0.717) is 22.3 Å². The SMILES string of the molecule is Nc1cc2c(=O)[nH]cnc2cc1Nc1c(F)cccc1Cl. The van der Waals surface area contributed by atoms with Crippen LogP contribution in [0.1, 0.15) is 0 Å². The van der Waals surface area contributed by atoms with Crippen molar-refractivity contribution in [3.8, 4) is 0 Å². The number of hydrogen-bond acceptors (Lipinski definition) is 4. The largest absolute Gasteiger partial charge is 0.397 e. The number of para-hydroxylation sites is 1. The van der Waals surface area contributed by atoms with E-state index < -0.39 is 5.82 Å². The highest BCUT2D eigenvalue weighted by molar-refractivity contribution is 6.33. The summed E-state index contributed by atoms with van der Waals surface area (Å²) in [6, 6.07) is 7.41. The van der Waals surface area contributed by atoms with E-state index in [4.69, 9.17) is 17.3 Å². The lowest BCUT2D eigenvalue weighted by molar-refractivity contribution is 0.632. The van der Waals surface area contributed by atoms with Crippen molar-refractivity contribution in [1.82, 2.24) is 9.97 Å². The number of nitrogens with zero attached hydrogens (tertiary/aromatic N) is 1. The van der Waals surface area contributed by atoms with Crippen LogP contribution in [0.4, 0.5) is 21.5 Å². The topological polar surface area (TPSA) is 83.8 Å². The van der Waals surface area contributed by atoms with Gasteiger partial charge in [-0.25, -0.2) is 9.37 Å². The van der Waals surface area contributed by atoms with Crippen LogP contribution in [0, 0.1) is 5.82 Å². The minimum Gasteiger partial charge on any atom is -0.397 e. The summed E-state index contributed by atoms with van der Waals surface area (Å²) < 4.78 is 13.8. The first-order chi connectivity index (χ1) is 10.1. The molecule has 0 unspecified atom stereocenters. The molecule has 0 aliphatic rings. The van der Waals surface area contributed by atoms with Crippen LogP contribution in [0.2, 0.25) is 5.02 Å². The maximum atomic E-state index is 13.8. The number of nitrogens with one attached hydrogen (secondary N) is 2. The zero-order valence-electron chi connectivity index (χ0n) is 10.7. The van der Waals surface area contributed by atoms with Crippen molar-refractivity contribution in [1.29, 1.82) is 0 Å². The molecule has 0 fully saturated rings. The van der Waals surface area contributed by atoms with Crippen LogP contribution in [-0.2, 0) is 0 Å². The van der Waals surface area contributed by atoms with Gasteiger partial charge in [-0.05, 0) is 24.3 Å². The molecule has 0 saturated heterocycles. The Hall–Kier alpha value is -2.60. The van der Waals surface area contributed by atoms with Crippen LogP contribution in [0.15, 0.2) is 41.5 Å². The Labute approximate surface area is 123 Å². The number of H-pyrrole nitrogens is 1. The number of nitrogen functional groups attached to an aromatic ring is 1. The Morgan fingerprint density at radius 3 is 2.90 bits per heavy atom. The zero-order valence-corrected chi connectivity index (χ0v) is 11.4. The fourth-order valence-electron chi connectivity index (χ4n) is 1.99. The van der Waals surface area contributed by atoms with Gasteiger partial charge < -0.3 is 16.0 Å². The molecule has 0 atom stereocenters. The van der Waals surface area contributed by atoms with E-state index >= 15 is 0 Å². The van der Waals surface area contributed by atoms with Gasteiger partial charge in [0.15, 0.2) is 0 Å². The molecule has 1 aromatic heterocycles. The van der Waals surface area contributed by atoms with Gasteiger partial charge in [-0.3, -0.25) is 4.79 Å². The Morgan fingerprint density at radius 2 is 2.14 bits per heavy atom. The number of rotatable bonds is 2. The molecule has 0 radical (unpaired) electrons. The fraction of sp³-hybridized carbons (Fsp3) is 0. The molecule has 0 bridgehead atoms. The first kappa shape index (κ1) is 13.4. The number of aromatic amines is 1. The Balaban J connectivity index is 2.13. The number of benzene rings is 2. The smallest absolute Gasteiger partial charge is 0.258 e. The Morgan fingerprint density at radius 1 is 1.33 bits per heavy atom. The number of halogens is 2. The molecule has 2 aromatic carbocycles. The predicted molar refractivity (Wildman–Crippen MR) is 81.5 cm³/mol. The summed E-state index contributed by atoms with van der Waals surface area (Å²) >= 11 is 5.96. The van der Waals surface area contributed by atoms with Gasteiger partial charge in [-0.1, -0.05) is 17.7 Å². The number of nitrogens with two attached hydrogens (primary N) is 1. The van der Waals surface area contributed by atoms with Gasteiger partial charge in [-0.15, -0.1) is 0 Å². The fourth-order valence-corrected chi connectivity index (χ4v) is 2.20. The van der Waals surface area contributed by atoms with Gasteiger partial charge in [0.05, 0.1) is 39.3 Å². The lowest BCUT2D eigenvalue weighted by atomic mass is 10.2. The van der Waals surface area contributed by atoms with E-state index in [1.165, 1.54) is 24.5 Å². The van der Waals surface area contributed by atoms with Crippen molar-refractivity contribution in [2.75, 3.05) is 11.1 Å². The van der Waals surface area contributed by atoms with E-state index in [1.54, 1.807) is 12.1 Å². The summed E-state index contributed by atoms with van der Waals surface area (Å²) in [4.78, 5) is 18.2. The minimum absolute atomic E-state index is 0.120. The van der Waals surface area contributed by atoms with Gasteiger partial charge in [0, 0.05) is 0 Å². The van der Waals surface area contributed by atoms with Crippen LogP contribution in [-0.4, -0.2) is 9.97 Å². The third-order valence-corrected chi connectivity index (χ3v) is 3.35. The third kappa shape index (κ3) is 2.41. The van der Waals surface area contributed by atoms with Crippen molar-refractivity contribution < 1.29 is 4.39 Å². The molecule has 3 rings (SSSR count). The van der Waals surface area contributed by atoms with Crippen molar-refractivity contribution in [3.63, 3.8) is 0 Å². The molecule has 0 aliphatic carbocycles. The van der Waals surface area contributed by atoms with Crippen LogP contribution >= 0.6 is 11.6 Å². The average molecular weight is 305 g/mol. The molecule has 5 nitrogen and oxygen atoms in total. The molecule has 1 heterocycles. The van der Waals surface area contributed by atoms with Crippen molar-refractivity contribution >= 4 is 39.6 Å². The van der Waals surface area contributed by atoms with Crippen LogP contribution < -0.4 is 16.6 Å². The van der Waals surface area contributed by atoms with Gasteiger partial charge >= 0.3 is 0 Å². The summed E-state index contributed by atoms with van der Waals surface area (Å²) in [6.45, 7) is 0. The second-order valence-corrected chi connectivity index (χ2v) is 4.82. The van der Waals surface area contributed by atoms with E-state index in [0.717, 1.165) is 0 Å². The van der Waals surface area contributed by atoms with Crippen molar-refractivity contribution in [3.05, 3.63) is 57.9 Å². The van der Waals surface area contributed by atoms with Crippen molar-refractivity contribution in [2.24, 2.45) is 0 Å². The minimum atomic E-state index is -0.499. The molecular weight excluding hydrogens is 295 g/mol. The van der Waals surface area contributed by atoms with Crippen molar-refractivity contribution in [2.45, 2.75) is 0 Å². The second-order valence-electron chi connectivity index (χ2n) is 4.41. The lowest BCUT2D eigenvalue weighted by Crippen LogP contribution is -2.08. The van der Waals surface area contributed by atoms with Gasteiger partial charge in [-0.2, -0.15) is 0 Å². The molecule has 0 spiro atoms. The summed E-state index contributed by atoms with van der Waals surface area (Å²) in [5, 5.41) is 3.43. The first-order valence-electron chi connectivity index (χ1n) is 6.04. The Bertz CT molecular complexity index is 874. The normalized spacial score (nSPS) is 10.8. The third-order valence-electron chi connectivity index (χ3n) is 3.03. The van der Waals surface area contributed by atoms with Crippen LogP contribution in [0.3, 0.4) is 0 Å². The van der Waals surface area contributed by atoms with Crippen LogP contribution in [0.5, 0.6) is 0 Å². The highest BCUT2D eigenvalue weighted by atomic mass is 35.5. The maximum absolute atomic E-state index is 13.8. The van der Waals surface area contributed by atoms with E-state index in [2.05, 4.69) is 15.3 Å². The summed E-state index contributed by atoms with van der Waals surface area (Å²) in [6.07, 6.45) is 1.29. The maximum Gasteiger partial charge on any atom is 0.258 e. The van der Waals surface area contributed by atoms with Gasteiger partial charge in [0.25, 0.3) is 5.56 Å². The second kappa shape index (κ2) is 5.06. The quantitative estimate of drug-likeness (QED) is 0.635. The van der Waals surface area contributed by atoms with Gasteiger partial charge in [0.2, 0.25) is 0 Å². The molecule has 4 N–H and O–H groups in total. The van der Waals surface area contributed by atoms with E-state index in [-0.39, 0.29) is 16.3 Å². The molecule has 106 valence electrons. The standard InChI is InChI=1S/C14H10ClFN4O/c15-8-2-1-3-9(16)13(8)20-12-5-11-7(4-10(12)17)14(21)19-6-18-11/h1-6,20H,17H2,(H,18,19,21). The molecule has 7 heteroatoms. The number of hydrogen-bond donors (Lipinski definition) is 3. The number of aromatic nitrogens is 2. The summed E-state index contributed by atoms with van der Waals surface area (Å²) in [5.74, 6) is -0.499. The molecule has 0 aliphatic heterocycles. The number of fused-ring (bicyclic) bond motifs is 1. The highest BCUT2D eigenvalue weighted by Gasteiger charge is 2.11. The summed E-state index contributed by atoms with van der Waals surface area (Å²) in [5.41, 5.74) is 6.89. The first-order valence-corrected chi connectivity index (χ1v) is 6.42. The van der Waals surface area contributed by atoms with Gasteiger partial charge in [0.1, 0.15) is 5.82 Å².